The van der Waals surface area contributed by atoms with Gasteiger partial charge in [0, 0.05) is 31.4 Å². The SMILES string of the molecule is CCCCNC(=O)C(C)NCCc1ccccn1. The maximum atomic E-state index is 11.7. The van der Waals surface area contributed by atoms with E-state index in [4.69, 9.17) is 0 Å². The summed E-state index contributed by atoms with van der Waals surface area (Å²) in [6.45, 7) is 5.53. The van der Waals surface area contributed by atoms with Crippen LogP contribution in [-0.4, -0.2) is 30.0 Å². The average Bonchev–Trinajstić information content (AvgIpc) is 2.40. The van der Waals surface area contributed by atoms with Gasteiger partial charge in [-0.3, -0.25) is 9.78 Å². The molecule has 1 aromatic heterocycles. The molecular weight excluding hydrogens is 226 g/mol. The van der Waals surface area contributed by atoms with Gasteiger partial charge in [-0.15, -0.1) is 0 Å². The van der Waals surface area contributed by atoms with E-state index in [1.807, 2.05) is 25.1 Å². The molecule has 0 aliphatic heterocycles. The Bertz CT molecular complexity index is 340. The molecule has 2 N–H and O–H groups in total. The summed E-state index contributed by atoms with van der Waals surface area (Å²) in [4.78, 5) is 15.9. The first kappa shape index (κ1) is 14.6. The second-order valence-electron chi connectivity index (χ2n) is 4.39. The monoisotopic (exact) mass is 249 g/mol. The standard InChI is InChI=1S/C14H23N3O/c1-3-4-9-17-14(18)12(2)15-11-8-13-7-5-6-10-16-13/h5-7,10,12,15H,3-4,8-9,11H2,1-2H3,(H,17,18). The molecular formula is C14H23N3O. The summed E-state index contributed by atoms with van der Waals surface area (Å²) in [5.41, 5.74) is 1.04. The van der Waals surface area contributed by atoms with Crippen molar-refractivity contribution in [1.82, 2.24) is 15.6 Å². The third-order valence-corrected chi connectivity index (χ3v) is 2.78. The van der Waals surface area contributed by atoms with Crippen LogP contribution in [0, 0.1) is 0 Å². The molecule has 1 rings (SSSR count). The Morgan fingerprint density at radius 3 is 2.89 bits per heavy atom. The number of nitrogens with one attached hydrogen (secondary N) is 2. The minimum atomic E-state index is -0.148. The molecule has 0 radical (unpaired) electrons. The van der Waals surface area contributed by atoms with E-state index >= 15 is 0 Å². The smallest absolute Gasteiger partial charge is 0.236 e. The lowest BCUT2D eigenvalue weighted by Gasteiger charge is -2.13. The van der Waals surface area contributed by atoms with Crippen LogP contribution in [0.4, 0.5) is 0 Å². The van der Waals surface area contributed by atoms with E-state index in [0.717, 1.165) is 38.0 Å². The molecule has 4 nitrogen and oxygen atoms in total. The summed E-state index contributed by atoms with van der Waals surface area (Å²) in [5, 5.41) is 6.12. The van der Waals surface area contributed by atoms with Gasteiger partial charge in [-0.1, -0.05) is 19.4 Å². The third kappa shape index (κ3) is 5.77. The number of pyridine rings is 1. The maximum absolute atomic E-state index is 11.7. The van der Waals surface area contributed by atoms with E-state index < -0.39 is 0 Å². The van der Waals surface area contributed by atoms with Crippen LogP contribution in [0.3, 0.4) is 0 Å². The number of amides is 1. The normalized spacial score (nSPS) is 12.1. The quantitative estimate of drug-likeness (QED) is 0.687. The summed E-state index contributed by atoms with van der Waals surface area (Å²) in [6, 6.07) is 5.73. The highest BCUT2D eigenvalue weighted by molar-refractivity contribution is 5.81. The van der Waals surface area contributed by atoms with Crippen LogP contribution in [0.5, 0.6) is 0 Å². The minimum Gasteiger partial charge on any atom is -0.355 e. The first-order valence-electron chi connectivity index (χ1n) is 6.65. The molecule has 0 aromatic carbocycles. The van der Waals surface area contributed by atoms with Crippen LogP contribution in [-0.2, 0) is 11.2 Å². The fourth-order valence-corrected chi connectivity index (χ4v) is 1.60. The molecule has 0 bridgehead atoms. The Hall–Kier alpha value is -1.42. The van der Waals surface area contributed by atoms with Gasteiger partial charge < -0.3 is 10.6 Å². The molecule has 1 unspecified atom stereocenters. The highest BCUT2D eigenvalue weighted by atomic mass is 16.2. The fourth-order valence-electron chi connectivity index (χ4n) is 1.60. The van der Waals surface area contributed by atoms with Crippen molar-refractivity contribution < 1.29 is 4.79 Å². The average molecular weight is 249 g/mol. The van der Waals surface area contributed by atoms with Crippen molar-refractivity contribution >= 4 is 5.91 Å². The van der Waals surface area contributed by atoms with E-state index in [1.54, 1.807) is 6.20 Å². The lowest BCUT2D eigenvalue weighted by Crippen LogP contribution is -2.43. The van der Waals surface area contributed by atoms with Gasteiger partial charge in [0.15, 0.2) is 0 Å². The lowest BCUT2D eigenvalue weighted by atomic mass is 10.2. The molecule has 0 spiro atoms. The van der Waals surface area contributed by atoms with Crippen molar-refractivity contribution in [2.24, 2.45) is 0 Å². The number of unbranched alkanes of at least 4 members (excludes halogenated alkanes) is 1. The number of carbonyl (C=O) groups excluding carboxylic acids is 1. The van der Waals surface area contributed by atoms with E-state index in [9.17, 15) is 4.79 Å². The van der Waals surface area contributed by atoms with Crippen LogP contribution in [0.1, 0.15) is 32.4 Å². The second kappa shape index (κ2) is 8.64. The van der Waals surface area contributed by atoms with Crippen molar-refractivity contribution in [3.05, 3.63) is 30.1 Å². The molecule has 4 heteroatoms. The fraction of sp³-hybridized carbons (Fsp3) is 0.571. The van der Waals surface area contributed by atoms with Crippen molar-refractivity contribution in [2.75, 3.05) is 13.1 Å². The van der Waals surface area contributed by atoms with Crippen LogP contribution < -0.4 is 10.6 Å². The Kier molecular flexibility index (Phi) is 7.03. The van der Waals surface area contributed by atoms with Crippen molar-refractivity contribution in [2.45, 2.75) is 39.2 Å². The van der Waals surface area contributed by atoms with E-state index in [1.165, 1.54) is 0 Å². The summed E-state index contributed by atoms with van der Waals surface area (Å²) >= 11 is 0. The topological polar surface area (TPSA) is 54.0 Å². The lowest BCUT2D eigenvalue weighted by molar-refractivity contribution is -0.122. The predicted octanol–water partition coefficient (Wildman–Crippen LogP) is 1.52. The van der Waals surface area contributed by atoms with Crippen molar-refractivity contribution in [3.63, 3.8) is 0 Å². The first-order valence-corrected chi connectivity index (χ1v) is 6.65. The Morgan fingerprint density at radius 2 is 2.22 bits per heavy atom. The van der Waals surface area contributed by atoms with Gasteiger partial charge in [0.2, 0.25) is 5.91 Å². The largest absolute Gasteiger partial charge is 0.355 e. The van der Waals surface area contributed by atoms with Gasteiger partial charge in [0.25, 0.3) is 0 Å². The van der Waals surface area contributed by atoms with Crippen molar-refractivity contribution in [1.29, 1.82) is 0 Å². The zero-order chi connectivity index (χ0) is 13.2. The Labute approximate surface area is 109 Å². The minimum absolute atomic E-state index is 0.0736. The second-order valence-corrected chi connectivity index (χ2v) is 4.39. The number of hydrogen-bond acceptors (Lipinski definition) is 3. The number of carbonyl (C=O) groups is 1. The molecule has 0 aliphatic rings. The summed E-state index contributed by atoms with van der Waals surface area (Å²) in [7, 11) is 0. The number of aromatic nitrogens is 1. The van der Waals surface area contributed by atoms with Crippen molar-refractivity contribution in [3.8, 4) is 0 Å². The highest BCUT2D eigenvalue weighted by Gasteiger charge is 2.10. The Balaban J connectivity index is 2.16. The summed E-state index contributed by atoms with van der Waals surface area (Å²) in [5.74, 6) is 0.0736. The van der Waals surface area contributed by atoms with Gasteiger partial charge in [-0.25, -0.2) is 0 Å². The Morgan fingerprint density at radius 1 is 1.39 bits per heavy atom. The molecule has 1 amide bonds. The summed E-state index contributed by atoms with van der Waals surface area (Å²) < 4.78 is 0. The van der Waals surface area contributed by atoms with Gasteiger partial charge >= 0.3 is 0 Å². The first-order chi connectivity index (χ1) is 8.74. The molecule has 1 atom stereocenters. The number of hydrogen-bond donors (Lipinski definition) is 2. The maximum Gasteiger partial charge on any atom is 0.236 e. The molecule has 0 aliphatic carbocycles. The molecule has 100 valence electrons. The van der Waals surface area contributed by atoms with E-state index in [-0.39, 0.29) is 11.9 Å². The van der Waals surface area contributed by atoms with Gasteiger partial charge in [0.1, 0.15) is 0 Å². The van der Waals surface area contributed by atoms with Gasteiger partial charge in [0.05, 0.1) is 6.04 Å². The molecule has 1 aromatic rings. The molecule has 1 heterocycles. The molecule has 0 saturated heterocycles. The van der Waals surface area contributed by atoms with Crippen LogP contribution >= 0.6 is 0 Å². The van der Waals surface area contributed by atoms with Crippen LogP contribution in [0.25, 0.3) is 0 Å². The number of rotatable bonds is 8. The predicted molar refractivity (Wildman–Crippen MR) is 73.3 cm³/mol. The van der Waals surface area contributed by atoms with Crippen LogP contribution in [0.2, 0.25) is 0 Å². The molecule has 0 fully saturated rings. The molecule has 18 heavy (non-hydrogen) atoms. The van der Waals surface area contributed by atoms with Crippen LogP contribution in [0.15, 0.2) is 24.4 Å². The third-order valence-electron chi connectivity index (χ3n) is 2.78. The molecule has 0 saturated carbocycles. The van der Waals surface area contributed by atoms with Gasteiger partial charge in [-0.2, -0.15) is 0 Å². The van der Waals surface area contributed by atoms with E-state index in [2.05, 4.69) is 22.5 Å². The van der Waals surface area contributed by atoms with E-state index in [0.29, 0.717) is 0 Å². The zero-order valence-electron chi connectivity index (χ0n) is 11.3. The summed E-state index contributed by atoms with van der Waals surface area (Å²) in [6.07, 6.45) is 4.76. The highest BCUT2D eigenvalue weighted by Crippen LogP contribution is 1.94. The number of nitrogens with zero attached hydrogens (tertiary/aromatic N) is 1. The zero-order valence-corrected chi connectivity index (χ0v) is 11.3. The van der Waals surface area contributed by atoms with Gasteiger partial charge in [-0.05, 0) is 25.5 Å².